The topological polar surface area (TPSA) is 60.2 Å². The minimum absolute atomic E-state index is 0.133. The van der Waals surface area contributed by atoms with Crippen molar-refractivity contribution in [1.29, 1.82) is 0 Å². The van der Waals surface area contributed by atoms with E-state index in [0.717, 1.165) is 18.6 Å². The van der Waals surface area contributed by atoms with Gasteiger partial charge in [0.2, 0.25) is 0 Å². The number of methoxy groups -OCH3 is 1. The number of rotatable bonds is 6. The average Bonchev–Trinajstić information content (AvgIpc) is 2.50. The van der Waals surface area contributed by atoms with Crippen LogP contribution in [0.2, 0.25) is 0 Å². The van der Waals surface area contributed by atoms with Gasteiger partial charge in [0.15, 0.2) is 0 Å². The third kappa shape index (κ3) is 3.56. The van der Waals surface area contributed by atoms with Crippen molar-refractivity contribution in [2.24, 2.45) is 5.84 Å². The maximum Gasteiger partial charge on any atom is 0.119 e. The van der Waals surface area contributed by atoms with Crippen LogP contribution in [0.5, 0.6) is 5.75 Å². The van der Waals surface area contributed by atoms with Crippen LogP contribution < -0.4 is 16.0 Å². The van der Waals surface area contributed by atoms with Crippen molar-refractivity contribution < 1.29 is 4.74 Å². The second-order valence-electron chi connectivity index (χ2n) is 4.84. The quantitative estimate of drug-likeness (QED) is 0.626. The number of hydrazine groups is 1. The molecule has 2 rings (SSSR count). The van der Waals surface area contributed by atoms with Crippen molar-refractivity contribution >= 4 is 0 Å². The number of pyridine rings is 1. The van der Waals surface area contributed by atoms with E-state index in [9.17, 15) is 0 Å². The minimum atomic E-state index is 0.133. The molecule has 0 aliphatic rings. The lowest BCUT2D eigenvalue weighted by molar-refractivity contribution is 0.413. The summed E-state index contributed by atoms with van der Waals surface area (Å²) in [6, 6.07) is 10.3. The maximum atomic E-state index is 5.71. The van der Waals surface area contributed by atoms with Crippen LogP contribution in [0.4, 0.5) is 0 Å². The highest BCUT2D eigenvalue weighted by Gasteiger charge is 2.12. The van der Waals surface area contributed by atoms with Crippen LogP contribution in [0.25, 0.3) is 0 Å². The monoisotopic (exact) mass is 271 g/mol. The van der Waals surface area contributed by atoms with Crippen LogP contribution in [0.3, 0.4) is 0 Å². The van der Waals surface area contributed by atoms with Crippen LogP contribution in [0.1, 0.15) is 29.2 Å². The van der Waals surface area contributed by atoms with E-state index in [1.54, 1.807) is 7.11 Å². The molecule has 0 aliphatic heterocycles. The fraction of sp³-hybridized carbons (Fsp3) is 0.312. The highest BCUT2D eigenvalue weighted by Crippen LogP contribution is 2.25. The lowest BCUT2D eigenvalue weighted by Gasteiger charge is -2.19. The molecule has 0 bridgehead atoms. The summed E-state index contributed by atoms with van der Waals surface area (Å²) in [6.07, 6.45) is 5.54. The molecule has 4 heteroatoms. The zero-order chi connectivity index (χ0) is 14.4. The number of aryl methyl sites for hydroxylation is 2. The number of hydrogen-bond donors (Lipinski definition) is 2. The SMILES string of the molecule is COc1ccc(C(CCc2ccncc2)NN)c(C)c1. The highest BCUT2D eigenvalue weighted by molar-refractivity contribution is 5.36. The van der Waals surface area contributed by atoms with Crippen molar-refractivity contribution in [2.75, 3.05) is 7.11 Å². The molecule has 1 atom stereocenters. The Bertz CT molecular complexity index is 543. The second-order valence-corrected chi connectivity index (χ2v) is 4.84. The number of hydrogen-bond acceptors (Lipinski definition) is 4. The van der Waals surface area contributed by atoms with Crippen molar-refractivity contribution in [1.82, 2.24) is 10.4 Å². The van der Waals surface area contributed by atoms with Gasteiger partial charge < -0.3 is 4.74 Å². The van der Waals surface area contributed by atoms with Crippen molar-refractivity contribution in [3.05, 3.63) is 59.4 Å². The first-order valence-electron chi connectivity index (χ1n) is 6.74. The van der Waals surface area contributed by atoms with E-state index in [1.807, 2.05) is 36.7 Å². The summed E-state index contributed by atoms with van der Waals surface area (Å²) in [5.74, 6) is 6.59. The van der Waals surface area contributed by atoms with E-state index in [2.05, 4.69) is 23.4 Å². The van der Waals surface area contributed by atoms with Crippen LogP contribution in [0.15, 0.2) is 42.7 Å². The van der Waals surface area contributed by atoms with E-state index >= 15 is 0 Å². The molecular formula is C16H21N3O. The van der Waals surface area contributed by atoms with Gasteiger partial charge in [0.1, 0.15) is 5.75 Å². The number of nitrogens with zero attached hydrogens (tertiary/aromatic N) is 1. The van der Waals surface area contributed by atoms with Gasteiger partial charge in [-0.1, -0.05) is 6.07 Å². The summed E-state index contributed by atoms with van der Waals surface area (Å²) >= 11 is 0. The molecule has 106 valence electrons. The molecule has 3 N–H and O–H groups in total. The van der Waals surface area contributed by atoms with Crippen LogP contribution in [0, 0.1) is 6.92 Å². The molecule has 1 aromatic heterocycles. The first-order valence-corrected chi connectivity index (χ1v) is 6.74. The van der Waals surface area contributed by atoms with Gasteiger partial charge in [-0.3, -0.25) is 16.3 Å². The van der Waals surface area contributed by atoms with Gasteiger partial charge in [-0.05, 0) is 60.7 Å². The Balaban J connectivity index is 2.08. The summed E-state index contributed by atoms with van der Waals surface area (Å²) in [6.45, 7) is 2.08. The van der Waals surface area contributed by atoms with Gasteiger partial charge in [0.25, 0.3) is 0 Å². The predicted octanol–water partition coefficient (Wildman–Crippen LogP) is 2.54. The lowest BCUT2D eigenvalue weighted by atomic mass is 9.96. The van der Waals surface area contributed by atoms with E-state index in [-0.39, 0.29) is 6.04 Å². The molecule has 20 heavy (non-hydrogen) atoms. The largest absolute Gasteiger partial charge is 0.497 e. The van der Waals surface area contributed by atoms with Gasteiger partial charge >= 0.3 is 0 Å². The summed E-state index contributed by atoms with van der Waals surface area (Å²) in [4.78, 5) is 4.03. The lowest BCUT2D eigenvalue weighted by Crippen LogP contribution is -2.29. The molecule has 1 heterocycles. The fourth-order valence-corrected chi connectivity index (χ4v) is 2.36. The Morgan fingerprint density at radius 1 is 1.25 bits per heavy atom. The third-order valence-electron chi connectivity index (χ3n) is 3.52. The van der Waals surface area contributed by atoms with E-state index in [4.69, 9.17) is 10.6 Å². The van der Waals surface area contributed by atoms with Gasteiger partial charge in [-0.2, -0.15) is 0 Å². The summed E-state index contributed by atoms with van der Waals surface area (Å²) in [7, 11) is 1.68. The Morgan fingerprint density at radius 3 is 2.60 bits per heavy atom. The Hall–Kier alpha value is -1.91. The Labute approximate surface area is 120 Å². The van der Waals surface area contributed by atoms with Gasteiger partial charge in [-0.25, -0.2) is 0 Å². The summed E-state index contributed by atoms with van der Waals surface area (Å²) in [5, 5.41) is 0. The second kappa shape index (κ2) is 7.03. The molecule has 0 radical (unpaired) electrons. The molecule has 0 spiro atoms. The van der Waals surface area contributed by atoms with Crippen molar-refractivity contribution in [3.8, 4) is 5.75 Å². The zero-order valence-corrected chi connectivity index (χ0v) is 12.0. The molecular weight excluding hydrogens is 250 g/mol. The Morgan fingerprint density at radius 2 is 2.00 bits per heavy atom. The van der Waals surface area contributed by atoms with Crippen molar-refractivity contribution in [3.63, 3.8) is 0 Å². The normalized spacial score (nSPS) is 12.2. The molecule has 0 saturated heterocycles. The predicted molar refractivity (Wildman–Crippen MR) is 80.4 cm³/mol. The van der Waals surface area contributed by atoms with E-state index in [1.165, 1.54) is 16.7 Å². The van der Waals surface area contributed by atoms with Crippen LogP contribution in [-0.4, -0.2) is 12.1 Å². The number of benzene rings is 1. The molecule has 0 amide bonds. The molecule has 2 aromatic rings. The van der Waals surface area contributed by atoms with Gasteiger partial charge in [0.05, 0.1) is 7.11 Å². The first-order chi connectivity index (χ1) is 9.74. The molecule has 1 unspecified atom stereocenters. The summed E-state index contributed by atoms with van der Waals surface area (Å²) < 4.78 is 5.23. The fourth-order valence-electron chi connectivity index (χ4n) is 2.36. The molecule has 1 aromatic carbocycles. The molecule has 4 nitrogen and oxygen atoms in total. The third-order valence-corrected chi connectivity index (χ3v) is 3.52. The number of nitrogens with one attached hydrogen (secondary N) is 1. The molecule has 0 fully saturated rings. The van der Waals surface area contributed by atoms with Gasteiger partial charge in [-0.15, -0.1) is 0 Å². The van der Waals surface area contributed by atoms with E-state index < -0.39 is 0 Å². The van der Waals surface area contributed by atoms with Crippen molar-refractivity contribution in [2.45, 2.75) is 25.8 Å². The molecule has 0 saturated carbocycles. The zero-order valence-electron chi connectivity index (χ0n) is 12.0. The number of aromatic nitrogens is 1. The number of ether oxygens (including phenoxy) is 1. The van der Waals surface area contributed by atoms with Gasteiger partial charge in [0, 0.05) is 18.4 Å². The van der Waals surface area contributed by atoms with Crippen LogP contribution >= 0.6 is 0 Å². The Kier molecular flexibility index (Phi) is 5.09. The van der Waals surface area contributed by atoms with Crippen LogP contribution in [-0.2, 0) is 6.42 Å². The maximum absolute atomic E-state index is 5.71. The standard InChI is InChI=1S/C16H21N3O/c1-12-11-14(20-2)4-5-15(12)16(19-17)6-3-13-7-9-18-10-8-13/h4-5,7-11,16,19H,3,6,17H2,1-2H3. The highest BCUT2D eigenvalue weighted by atomic mass is 16.5. The van der Waals surface area contributed by atoms with E-state index in [0.29, 0.717) is 0 Å². The average molecular weight is 271 g/mol. The smallest absolute Gasteiger partial charge is 0.119 e. The first kappa shape index (κ1) is 14.5. The number of nitrogens with two attached hydrogens (primary N) is 1. The minimum Gasteiger partial charge on any atom is -0.497 e. The summed E-state index contributed by atoms with van der Waals surface area (Å²) in [5.41, 5.74) is 6.57. The molecule has 0 aliphatic carbocycles.